The van der Waals surface area contributed by atoms with Gasteiger partial charge in [0.15, 0.2) is 12.4 Å². The topological polar surface area (TPSA) is 99.2 Å². The van der Waals surface area contributed by atoms with Gasteiger partial charge < -0.3 is 14.2 Å². The molecule has 0 unspecified atom stereocenters. The zero-order valence-corrected chi connectivity index (χ0v) is 26.1. The van der Waals surface area contributed by atoms with Crippen molar-refractivity contribution in [1.29, 1.82) is 0 Å². The van der Waals surface area contributed by atoms with Crippen LogP contribution in [-0.4, -0.2) is 37.3 Å². The standard InChI is InChI=1S/C39H31NO7/c1-39(2,27-9-5-4-6-10-27)28-13-17-30(18-14-28)47-31-19-15-29(16-20-31)40-36(42)33-21-12-26(23-34(33)37(40)43)38(44)46-24-35(41)25-8-7-11-32(22-25)45-3/h4-23H,24H2,1-3H3. The molecule has 0 aliphatic carbocycles. The van der Waals surface area contributed by atoms with Crippen LogP contribution < -0.4 is 14.4 Å². The number of amides is 2. The van der Waals surface area contributed by atoms with Gasteiger partial charge in [-0.15, -0.1) is 0 Å². The highest BCUT2D eigenvalue weighted by Gasteiger charge is 2.37. The Morgan fingerprint density at radius 1 is 0.638 bits per heavy atom. The Morgan fingerprint density at radius 3 is 1.96 bits per heavy atom. The summed E-state index contributed by atoms with van der Waals surface area (Å²) in [5, 5.41) is 0. The number of hydrogen-bond acceptors (Lipinski definition) is 7. The summed E-state index contributed by atoms with van der Waals surface area (Å²) < 4.78 is 16.4. The molecule has 8 heteroatoms. The first-order valence-electron chi connectivity index (χ1n) is 15.0. The molecule has 0 saturated heterocycles. The molecule has 0 N–H and O–H groups in total. The van der Waals surface area contributed by atoms with Crippen molar-refractivity contribution in [3.8, 4) is 17.2 Å². The summed E-state index contributed by atoms with van der Waals surface area (Å²) in [6.45, 7) is 3.86. The summed E-state index contributed by atoms with van der Waals surface area (Å²) in [5.74, 6) is -0.594. The van der Waals surface area contributed by atoms with E-state index >= 15 is 0 Å². The van der Waals surface area contributed by atoms with Crippen molar-refractivity contribution in [3.05, 3.63) is 155 Å². The second-order valence-electron chi connectivity index (χ2n) is 11.5. The zero-order valence-electron chi connectivity index (χ0n) is 26.1. The molecule has 1 aliphatic rings. The number of carbonyl (C=O) groups excluding carboxylic acids is 4. The fourth-order valence-corrected chi connectivity index (χ4v) is 5.46. The van der Waals surface area contributed by atoms with Gasteiger partial charge in [0.1, 0.15) is 17.2 Å². The van der Waals surface area contributed by atoms with Crippen molar-refractivity contribution in [3.63, 3.8) is 0 Å². The number of hydrogen-bond donors (Lipinski definition) is 0. The van der Waals surface area contributed by atoms with Crippen LogP contribution in [0.4, 0.5) is 5.69 Å². The lowest BCUT2D eigenvalue weighted by atomic mass is 9.78. The number of nitrogens with zero attached hydrogens (tertiary/aromatic N) is 1. The highest BCUT2D eigenvalue weighted by atomic mass is 16.5. The molecule has 0 radical (unpaired) electrons. The smallest absolute Gasteiger partial charge is 0.338 e. The van der Waals surface area contributed by atoms with Crippen LogP contribution in [0.5, 0.6) is 17.2 Å². The van der Waals surface area contributed by atoms with Crippen molar-refractivity contribution in [2.45, 2.75) is 19.3 Å². The first kappa shape index (κ1) is 31.0. The van der Waals surface area contributed by atoms with E-state index in [-0.39, 0.29) is 22.1 Å². The molecule has 0 atom stereocenters. The number of benzene rings is 5. The molecular weight excluding hydrogens is 594 g/mol. The molecule has 0 fully saturated rings. The Balaban J connectivity index is 1.10. The van der Waals surface area contributed by atoms with Crippen LogP contribution in [0.3, 0.4) is 0 Å². The van der Waals surface area contributed by atoms with Gasteiger partial charge in [-0.1, -0.05) is 68.4 Å². The van der Waals surface area contributed by atoms with E-state index in [0.717, 1.165) is 10.5 Å². The number of ketones is 1. The van der Waals surface area contributed by atoms with Crippen molar-refractivity contribution >= 4 is 29.3 Å². The van der Waals surface area contributed by atoms with Crippen LogP contribution in [0.15, 0.2) is 121 Å². The Labute approximate surface area is 272 Å². The molecule has 5 aromatic carbocycles. The summed E-state index contributed by atoms with van der Waals surface area (Å²) in [4.78, 5) is 52.8. The Kier molecular flexibility index (Phi) is 8.42. The molecule has 0 spiro atoms. The quantitative estimate of drug-likeness (QED) is 0.0893. The van der Waals surface area contributed by atoms with E-state index in [2.05, 4.69) is 26.0 Å². The van der Waals surface area contributed by atoms with Gasteiger partial charge in [0.25, 0.3) is 11.8 Å². The number of Topliss-reactive ketones (excluding diaryl/α,β-unsaturated/α-hetero) is 1. The number of anilines is 1. The number of carbonyl (C=O) groups is 4. The van der Waals surface area contributed by atoms with Crippen LogP contribution in [0.1, 0.15) is 66.4 Å². The third-order valence-corrected chi connectivity index (χ3v) is 8.25. The van der Waals surface area contributed by atoms with E-state index < -0.39 is 30.2 Å². The second-order valence-corrected chi connectivity index (χ2v) is 11.5. The minimum atomic E-state index is -0.791. The normalized spacial score (nSPS) is 12.4. The van der Waals surface area contributed by atoms with Crippen molar-refractivity contribution in [2.24, 2.45) is 0 Å². The van der Waals surface area contributed by atoms with Crippen molar-refractivity contribution in [2.75, 3.05) is 18.6 Å². The van der Waals surface area contributed by atoms with E-state index in [1.807, 2.05) is 42.5 Å². The lowest BCUT2D eigenvalue weighted by Crippen LogP contribution is -2.29. The minimum Gasteiger partial charge on any atom is -0.497 e. The molecule has 0 aromatic heterocycles. The number of ether oxygens (including phenoxy) is 3. The predicted octanol–water partition coefficient (Wildman–Crippen LogP) is 7.65. The van der Waals surface area contributed by atoms with E-state index in [9.17, 15) is 19.2 Å². The van der Waals surface area contributed by atoms with E-state index in [4.69, 9.17) is 14.2 Å². The summed E-state index contributed by atoms with van der Waals surface area (Å²) in [6, 6.07) is 35.5. The van der Waals surface area contributed by atoms with Gasteiger partial charge in [0.2, 0.25) is 0 Å². The molecule has 6 rings (SSSR count). The highest BCUT2D eigenvalue weighted by molar-refractivity contribution is 6.34. The van der Waals surface area contributed by atoms with Crippen LogP contribution in [0.2, 0.25) is 0 Å². The minimum absolute atomic E-state index is 0.0483. The third kappa shape index (κ3) is 6.26. The molecule has 1 heterocycles. The first-order valence-corrected chi connectivity index (χ1v) is 15.0. The van der Waals surface area contributed by atoms with Crippen molar-refractivity contribution in [1.82, 2.24) is 0 Å². The van der Waals surface area contributed by atoms with Gasteiger partial charge in [0.05, 0.1) is 29.5 Å². The molecular formula is C39H31NO7. The van der Waals surface area contributed by atoms with Gasteiger partial charge in [0, 0.05) is 11.0 Å². The fourth-order valence-electron chi connectivity index (χ4n) is 5.46. The average Bonchev–Trinajstić information content (AvgIpc) is 3.36. The lowest BCUT2D eigenvalue weighted by Gasteiger charge is -2.26. The molecule has 47 heavy (non-hydrogen) atoms. The SMILES string of the molecule is COc1cccc(C(=O)COC(=O)c2ccc3c(c2)C(=O)N(c2ccc(Oc4ccc(C(C)(C)c5ccccc5)cc4)cc2)C3=O)c1. The number of imide groups is 1. The summed E-state index contributed by atoms with van der Waals surface area (Å²) >= 11 is 0. The lowest BCUT2D eigenvalue weighted by molar-refractivity contribution is 0.0474. The van der Waals surface area contributed by atoms with Crippen molar-refractivity contribution < 1.29 is 33.4 Å². The van der Waals surface area contributed by atoms with Crippen LogP contribution in [0.25, 0.3) is 0 Å². The molecule has 0 bridgehead atoms. The van der Waals surface area contributed by atoms with E-state index in [1.165, 1.54) is 30.9 Å². The highest BCUT2D eigenvalue weighted by Crippen LogP contribution is 2.34. The Hall–Kier alpha value is -6.02. The molecule has 1 aliphatic heterocycles. The number of esters is 1. The van der Waals surface area contributed by atoms with Gasteiger partial charge in [-0.25, -0.2) is 9.69 Å². The van der Waals surface area contributed by atoms with Gasteiger partial charge in [-0.05, 0) is 77.9 Å². The maximum atomic E-state index is 13.3. The van der Waals surface area contributed by atoms with E-state index in [1.54, 1.807) is 48.5 Å². The number of rotatable bonds is 10. The number of fused-ring (bicyclic) bond motifs is 1. The maximum Gasteiger partial charge on any atom is 0.338 e. The fraction of sp³-hybridized carbons (Fsp3) is 0.128. The summed E-state index contributed by atoms with van der Waals surface area (Å²) in [7, 11) is 1.49. The molecule has 0 saturated carbocycles. The van der Waals surface area contributed by atoms with Gasteiger partial charge >= 0.3 is 5.97 Å². The van der Waals surface area contributed by atoms with Crippen LogP contribution in [-0.2, 0) is 10.2 Å². The predicted molar refractivity (Wildman–Crippen MR) is 177 cm³/mol. The number of methoxy groups -OCH3 is 1. The molecule has 5 aromatic rings. The van der Waals surface area contributed by atoms with Gasteiger partial charge in [-0.2, -0.15) is 0 Å². The second kappa shape index (κ2) is 12.8. The summed E-state index contributed by atoms with van der Waals surface area (Å²) in [6.07, 6.45) is 0. The van der Waals surface area contributed by atoms with Crippen LogP contribution in [0, 0.1) is 0 Å². The third-order valence-electron chi connectivity index (χ3n) is 8.25. The Morgan fingerprint density at radius 2 is 1.28 bits per heavy atom. The van der Waals surface area contributed by atoms with Gasteiger partial charge in [-0.3, -0.25) is 14.4 Å². The van der Waals surface area contributed by atoms with E-state index in [0.29, 0.717) is 28.5 Å². The molecule has 8 nitrogen and oxygen atoms in total. The monoisotopic (exact) mass is 625 g/mol. The van der Waals surface area contributed by atoms with Crippen LogP contribution >= 0.6 is 0 Å². The summed E-state index contributed by atoms with van der Waals surface area (Å²) in [5.41, 5.74) is 3.16. The maximum absolute atomic E-state index is 13.3. The molecule has 234 valence electrons. The molecule has 2 amide bonds. The average molecular weight is 626 g/mol. The largest absolute Gasteiger partial charge is 0.497 e. The Bertz CT molecular complexity index is 1980. The zero-order chi connectivity index (χ0) is 33.1. The first-order chi connectivity index (χ1) is 22.7.